The fourth-order valence-electron chi connectivity index (χ4n) is 1.84. The molecule has 0 radical (unpaired) electrons. The fourth-order valence-corrected chi connectivity index (χ4v) is 2.90. The van der Waals surface area contributed by atoms with E-state index in [1.165, 1.54) is 19.2 Å². The molecule has 22 heavy (non-hydrogen) atoms. The Balaban J connectivity index is 1.97. The van der Waals surface area contributed by atoms with Crippen molar-refractivity contribution in [2.24, 2.45) is 0 Å². The summed E-state index contributed by atoms with van der Waals surface area (Å²) < 4.78 is 32.0. The minimum absolute atomic E-state index is 0.173. The first-order chi connectivity index (χ1) is 10.4. The van der Waals surface area contributed by atoms with Crippen molar-refractivity contribution in [3.05, 3.63) is 35.9 Å². The predicted octanol–water partition coefficient (Wildman–Crippen LogP) is 1.46. The average molecular weight is 324 g/mol. The minimum atomic E-state index is -3.56. The number of nitrogens with one attached hydrogen (secondary N) is 2. The first-order valence-corrected chi connectivity index (χ1v) is 8.45. The Morgan fingerprint density at radius 1 is 1.36 bits per heavy atom. The van der Waals surface area contributed by atoms with Crippen LogP contribution in [0.15, 0.2) is 29.2 Å². The third-order valence-corrected chi connectivity index (χ3v) is 4.53. The number of hydrogen-bond donors (Lipinski definition) is 2. The van der Waals surface area contributed by atoms with Crippen molar-refractivity contribution < 1.29 is 13.2 Å². The van der Waals surface area contributed by atoms with Crippen molar-refractivity contribution in [1.29, 1.82) is 0 Å². The number of rotatable bonds is 7. The molecule has 0 spiro atoms. The van der Waals surface area contributed by atoms with E-state index in [1.54, 1.807) is 12.1 Å². The molecule has 1 aromatic carbocycles. The average Bonchev–Trinajstić information content (AvgIpc) is 2.96. The lowest BCUT2D eigenvalue weighted by atomic mass is 10.2. The van der Waals surface area contributed by atoms with Crippen LogP contribution >= 0.6 is 0 Å². The summed E-state index contributed by atoms with van der Waals surface area (Å²) in [7, 11) is -2.07. The second-order valence-electron chi connectivity index (χ2n) is 5.12. The van der Waals surface area contributed by atoms with E-state index in [0.717, 1.165) is 5.82 Å². The molecule has 0 aliphatic heterocycles. The number of ether oxygens (including phenoxy) is 1. The van der Waals surface area contributed by atoms with Gasteiger partial charge in [0.05, 0.1) is 12.0 Å². The molecule has 0 bridgehead atoms. The number of benzene rings is 1. The Morgan fingerprint density at radius 2 is 2.14 bits per heavy atom. The van der Waals surface area contributed by atoms with E-state index in [-0.39, 0.29) is 17.4 Å². The van der Waals surface area contributed by atoms with Gasteiger partial charge in [-0.3, -0.25) is 5.10 Å². The summed E-state index contributed by atoms with van der Waals surface area (Å²) in [5.41, 5.74) is 0. The SMILES string of the molecule is COc1cccc(S(=O)(=O)NCCc2nc(C(C)C)n[nH]2)c1. The van der Waals surface area contributed by atoms with Crippen LogP contribution in [0.3, 0.4) is 0 Å². The Bertz CT molecular complexity index is 725. The van der Waals surface area contributed by atoms with Gasteiger partial charge >= 0.3 is 0 Å². The van der Waals surface area contributed by atoms with E-state index in [0.29, 0.717) is 18.0 Å². The van der Waals surface area contributed by atoms with Crippen LogP contribution in [0.25, 0.3) is 0 Å². The predicted molar refractivity (Wildman–Crippen MR) is 82.4 cm³/mol. The van der Waals surface area contributed by atoms with Crippen LogP contribution < -0.4 is 9.46 Å². The van der Waals surface area contributed by atoms with Crippen molar-refractivity contribution >= 4 is 10.0 Å². The summed E-state index contributed by atoms with van der Waals surface area (Å²) in [5.74, 6) is 2.13. The number of aromatic amines is 1. The van der Waals surface area contributed by atoms with Gasteiger partial charge in [-0.1, -0.05) is 19.9 Å². The topological polar surface area (TPSA) is 97.0 Å². The van der Waals surface area contributed by atoms with Crippen molar-refractivity contribution in [2.45, 2.75) is 31.1 Å². The van der Waals surface area contributed by atoms with Crippen LogP contribution in [0.1, 0.15) is 31.4 Å². The van der Waals surface area contributed by atoms with E-state index in [1.807, 2.05) is 13.8 Å². The van der Waals surface area contributed by atoms with Gasteiger partial charge in [0.2, 0.25) is 10.0 Å². The Kier molecular flexibility index (Phi) is 5.15. The van der Waals surface area contributed by atoms with E-state index in [2.05, 4.69) is 19.9 Å². The van der Waals surface area contributed by atoms with Gasteiger partial charge in [-0.2, -0.15) is 5.10 Å². The van der Waals surface area contributed by atoms with Gasteiger partial charge in [0.1, 0.15) is 11.6 Å². The van der Waals surface area contributed by atoms with Crippen LogP contribution in [0.5, 0.6) is 5.75 Å². The first kappa shape index (κ1) is 16.4. The second-order valence-corrected chi connectivity index (χ2v) is 6.89. The van der Waals surface area contributed by atoms with E-state index in [9.17, 15) is 8.42 Å². The van der Waals surface area contributed by atoms with Crippen LogP contribution in [-0.2, 0) is 16.4 Å². The summed E-state index contributed by atoms with van der Waals surface area (Å²) in [6, 6.07) is 6.34. The number of H-pyrrole nitrogens is 1. The molecule has 0 unspecified atom stereocenters. The van der Waals surface area contributed by atoms with Gasteiger partial charge < -0.3 is 4.74 Å². The molecule has 0 aliphatic rings. The van der Waals surface area contributed by atoms with Gasteiger partial charge in [-0.05, 0) is 12.1 Å². The third kappa shape index (κ3) is 4.05. The minimum Gasteiger partial charge on any atom is -0.497 e. The number of hydrogen-bond acceptors (Lipinski definition) is 5. The summed E-state index contributed by atoms with van der Waals surface area (Å²) >= 11 is 0. The van der Waals surface area contributed by atoms with Crippen molar-refractivity contribution in [1.82, 2.24) is 19.9 Å². The van der Waals surface area contributed by atoms with Gasteiger partial charge in [-0.15, -0.1) is 0 Å². The van der Waals surface area contributed by atoms with Crippen LogP contribution in [-0.4, -0.2) is 37.3 Å². The van der Waals surface area contributed by atoms with Gasteiger partial charge in [0.15, 0.2) is 5.82 Å². The highest BCUT2D eigenvalue weighted by molar-refractivity contribution is 7.89. The molecule has 2 N–H and O–H groups in total. The largest absolute Gasteiger partial charge is 0.497 e. The van der Waals surface area contributed by atoms with Gasteiger partial charge in [0, 0.05) is 24.9 Å². The lowest BCUT2D eigenvalue weighted by molar-refractivity contribution is 0.413. The van der Waals surface area contributed by atoms with Crippen molar-refractivity contribution in [3.63, 3.8) is 0 Å². The lowest BCUT2D eigenvalue weighted by Gasteiger charge is -2.07. The highest BCUT2D eigenvalue weighted by atomic mass is 32.2. The number of aromatic nitrogens is 3. The molecule has 2 rings (SSSR count). The zero-order chi connectivity index (χ0) is 16.2. The zero-order valence-electron chi connectivity index (χ0n) is 12.8. The summed E-state index contributed by atoms with van der Waals surface area (Å²) in [5, 5.41) is 6.90. The molecule has 0 aliphatic carbocycles. The Hall–Kier alpha value is -1.93. The number of sulfonamides is 1. The third-order valence-electron chi connectivity index (χ3n) is 3.07. The molecule has 0 amide bonds. The zero-order valence-corrected chi connectivity index (χ0v) is 13.6. The highest BCUT2D eigenvalue weighted by Gasteiger charge is 2.15. The highest BCUT2D eigenvalue weighted by Crippen LogP contribution is 2.16. The molecule has 8 heteroatoms. The number of nitrogens with zero attached hydrogens (tertiary/aromatic N) is 2. The van der Waals surface area contributed by atoms with Crippen LogP contribution in [0, 0.1) is 0 Å². The molecular formula is C14H20N4O3S. The van der Waals surface area contributed by atoms with Gasteiger partial charge in [0.25, 0.3) is 0 Å². The van der Waals surface area contributed by atoms with Gasteiger partial charge in [-0.25, -0.2) is 18.1 Å². The molecule has 0 fully saturated rings. The smallest absolute Gasteiger partial charge is 0.240 e. The van der Waals surface area contributed by atoms with Crippen molar-refractivity contribution in [3.8, 4) is 5.75 Å². The molecule has 7 nitrogen and oxygen atoms in total. The fraction of sp³-hybridized carbons (Fsp3) is 0.429. The summed E-state index contributed by atoms with van der Waals surface area (Å²) in [4.78, 5) is 4.48. The number of methoxy groups -OCH3 is 1. The summed E-state index contributed by atoms with van der Waals surface area (Å²) in [6.45, 7) is 4.24. The molecule has 0 saturated heterocycles. The molecule has 1 aromatic heterocycles. The Labute approximate surface area is 130 Å². The van der Waals surface area contributed by atoms with E-state index in [4.69, 9.17) is 4.74 Å². The maximum Gasteiger partial charge on any atom is 0.240 e. The molecule has 2 aromatic rings. The van der Waals surface area contributed by atoms with Crippen LogP contribution in [0.4, 0.5) is 0 Å². The maximum atomic E-state index is 12.2. The summed E-state index contributed by atoms with van der Waals surface area (Å²) in [6.07, 6.45) is 0.447. The second kappa shape index (κ2) is 6.89. The molecule has 0 atom stereocenters. The Morgan fingerprint density at radius 3 is 2.77 bits per heavy atom. The lowest BCUT2D eigenvalue weighted by Crippen LogP contribution is -2.26. The molecule has 1 heterocycles. The molecule has 120 valence electrons. The maximum absolute atomic E-state index is 12.2. The molecular weight excluding hydrogens is 304 g/mol. The van der Waals surface area contributed by atoms with E-state index < -0.39 is 10.0 Å². The van der Waals surface area contributed by atoms with Crippen molar-refractivity contribution in [2.75, 3.05) is 13.7 Å². The first-order valence-electron chi connectivity index (χ1n) is 6.97. The van der Waals surface area contributed by atoms with E-state index >= 15 is 0 Å². The monoisotopic (exact) mass is 324 g/mol. The van der Waals surface area contributed by atoms with Crippen LogP contribution in [0.2, 0.25) is 0 Å². The molecule has 0 saturated carbocycles. The standard InChI is InChI=1S/C14H20N4O3S/c1-10(2)14-16-13(17-18-14)7-8-15-22(19,20)12-6-4-5-11(9-12)21-3/h4-6,9-10,15H,7-8H2,1-3H3,(H,16,17,18). The normalized spacial score (nSPS) is 11.8. The quantitative estimate of drug-likeness (QED) is 0.803.